The Labute approximate surface area is 132 Å². The van der Waals surface area contributed by atoms with E-state index in [-0.39, 0.29) is 24.4 Å². The molecule has 0 bridgehead atoms. The molecule has 2 aliphatic rings. The van der Waals surface area contributed by atoms with Crippen molar-refractivity contribution in [1.82, 2.24) is 15.8 Å². The van der Waals surface area contributed by atoms with E-state index in [0.29, 0.717) is 13.1 Å². The zero-order valence-corrected chi connectivity index (χ0v) is 12.4. The number of likely N-dealkylation sites (tertiary alicyclic amines) is 1. The average Bonchev–Trinajstić information content (AvgIpc) is 3.06. The van der Waals surface area contributed by atoms with E-state index in [4.69, 9.17) is 5.73 Å². The minimum Gasteiger partial charge on any atom is -0.368 e. The molecule has 2 unspecified atom stereocenters. The Morgan fingerprint density at radius 1 is 1.35 bits per heavy atom. The standard InChI is InChI=1S/C15H19F3N4O/c16-9-4-12(15(19)23)22(7-9)6-8-5-20-21-14(8)13-10(17)2-1-3-11(13)18/h1-3,8-9,12,14,20-21H,4-7H2,(H2,19,23)/t8?,9-,12+,14?/m1/s1. The fourth-order valence-electron chi connectivity index (χ4n) is 3.47. The summed E-state index contributed by atoms with van der Waals surface area (Å²) in [5.74, 6) is -2.05. The van der Waals surface area contributed by atoms with E-state index in [1.165, 1.54) is 18.2 Å². The number of nitrogens with one attached hydrogen (secondary N) is 2. The van der Waals surface area contributed by atoms with Crippen LogP contribution in [0.5, 0.6) is 0 Å². The molecule has 0 saturated carbocycles. The van der Waals surface area contributed by atoms with Gasteiger partial charge < -0.3 is 5.73 Å². The number of halogens is 3. The lowest BCUT2D eigenvalue weighted by Gasteiger charge is -2.27. The molecule has 3 rings (SSSR count). The second-order valence-electron chi connectivity index (χ2n) is 6.10. The van der Waals surface area contributed by atoms with Gasteiger partial charge in [-0.2, -0.15) is 0 Å². The van der Waals surface area contributed by atoms with E-state index in [0.717, 1.165) is 0 Å². The van der Waals surface area contributed by atoms with Crippen LogP contribution in [0.3, 0.4) is 0 Å². The van der Waals surface area contributed by atoms with Crippen molar-refractivity contribution in [3.05, 3.63) is 35.4 Å². The van der Waals surface area contributed by atoms with Gasteiger partial charge in [-0.3, -0.25) is 15.1 Å². The maximum Gasteiger partial charge on any atom is 0.234 e. The molecule has 1 aromatic carbocycles. The van der Waals surface area contributed by atoms with Gasteiger partial charge in [0.1, 0.15) is 17.8 Å². The third-order valence-electron chi connectivity index (χ3n) is 4.55. The third-order valence-corrected chi connectivity index (χ3v) is 4.55. The van der Waals surface area contributed by atoms with E-state index in [1.54, 1.807) is 4.90 Å². The van der Waals surface area contributed by atoms with E-state index in [9.17, 15) is 18.0 Å². The molecule has 23 heavy (non-hydrogen) atoms. The van der Waals surface area contributed by atoms with Crippen LogP contribution in [-0.4, -0.2) is 42.7 Å². The summed E-state index contributed by atoms with van der Waals surface area (Å²) in [6.45, 7) is 0.889. The summed E-state index contributed by atoms with van der Waals surface area (Å²) >= 11 is 0. The van der Waals surface area contributed by atoms with Crippen molar-refractivity contribution in [1.29, 1.82) is 0 Å². The molecule has 0 aliphatic carbocycles. The molecule has 0 aromatic heterocycles. The van der Waals surface area contributed by atoms with Crippen molar-refractivity contribution in [3.8, 4) is 0 Å². The summed E-state index contributed by atoms with van der Waals surface area (Å²) < 4.78 is 41.6. The topological polar surface area (TPSA) is 70.4 Å². The predicted molar refractivity (Wildman–Crippen MR) is 77.8 cm³/mol. The smallest absolute Gasteiger partial charge is 0.234 e. The molecular formula is C15H19F3N4O. The Balaban J connectivity index is 1.78. The van der Waals surface area contributed by atoms with Crippen molar-refractivity contribution < 1.29 is 18.0 Å². The van der Waals surface area contributed by atoms with Crippen molar-refractivity contribution in [2.75, 3.05) is 19.6 Å². The number of benzene rings is 1. The number of primary amides is 1. The van der Waals surface area contributed by atoms with E-state index in [1.807, 2.05) is 0 Å². The number of hydrazine groups is 1. The van der Waals surface area contributed by atoms with Gasteiger partial charge in [0.05, 0.1) is 12.1 Å². The van der Waals surface area contributed by atoms with Crippen LogP contribution >= 0.6 is 0 Å². The first kappa shape index (κ1) is 16.2. The summed E-state index contributed by atoms with van der Waals surface area (Å²) in [7, 11) is 0. The Morgan fingerprint density at radius 2 is 2.04 bits per heavy atom. The molecule has 1 aromatic rings. The SMILES string of the molecule is NC(=O)[C@@H]1C[C@@H](F)CN1CC1CNNC1c1c(F)cccc1F. The average molecular weight is 328 g/mol. The van der Waals surface area contributed by atoms with Crippen LogP contribution in [0, 0.1) is 17.6 Å². The molecule has 4 N–H and O–H groups in total. The number of hydrogen-bond acceptors (Lipinski definition) is 4. The second-order valence-corrected chi connectivity index (χ2v) is 6.10. The largest absolute Gasteiger partial charge is 0.368 e. The first-order valence-electron chi connectivity index (χ1n) is 7.57. The minimum absolute atomic E-state index is 0.0471. The van der Waals surface area contributed by atoms with Crippen LogP contribution in [0.1, 0.15) is 18.0 Å². The lowest BCUT2D eigenvalue weighted by Crippen LogP contribution is -2.43. The molecule has 2 fully saturated rings. The molecule has 8 heteroatoms. The second kappa shape index (κ2) is 6.46. The maximum absolute atomic E-state index is 14.0. The van der Waals surface area contributed by atoms with Crippen LogP contribution in [-0.2, 0) is 4.79 Å². The monoisotopic (exact) mass is 328 g/mol. The third kappa shape index (κ3) is 3.19. The van der Waals surface area contributed by atoms with Gasteiger partial charge in [0.2, 0.25) is 5.91 Å². The van der Waals surface area contributed by atoms with E-state index >= 15 is 0 Å². The highest BCUT2D eigenvalue weighted by atomic mass is 19.1. The van der Waals surface area contributed by atoms with Gasteiger partial charge in [0, 0.05) is 37.5 Å². The summed E-state index contributed by atoms with van der Waals surface area (Å²) in [6, 6.07) is 2.45. The number of nitrogens with zero attached hydrogens (tertiary/aromatic N) is 1. The van der Waals surface area contributed by atoms with E-state index < -0.39 is 35.8 Å². The lowest BCUT2D eigenvalue weighted by atomic mass is 9.93. The highest BCUT2D eigenvalue weighted by molar-refractivity contribution is 5.80. The molecule has 126 valence electrons. The molecule has 2 heterocycles. The lowest BCUT2D eigenvalue weighted by molar-refractivity contribution is -0.122. The number of hydrogen-bond donors (Lipinski definition) is 3. The van der Waals surface area contributed by atoms with Gasteiger partial charge in [-0.05, 0) is 12.1 Å². The normalized spacial score (nSPS) is 31.6. The molecule has 4 atom stereocenters. The number of rotatable bonds is 4. The summed E-state index contributed by atoms with van der Waals surface area (Å²) in [6.07, 6.45) is -1.04. The Morgan fingerprint density at radius 3 is 2.70 bits per heavy atom. The molecule has 0 radical (unpaired) electrons. The van der Waals surface area contributed by atoms with Crippen LogP contribution in [0.2, 0.25) is 0 Å². The summed E-state index contributed by atoms with van der Waals surface area (Å²) in [4.78, 5) is 13.1. The fraction of sp³-hybridized carbons (Fsp3) is 0.533. The Kier molecular flexibility index (Phi) is 4.56. The van der Waals surface area contributed by atoms with Crippen LogP contribution in [0.4, 0.5) is 13.2 Å². The zero-order valence-electron chi connectivity index (χ0n) is 12.4. The number of nitrogens with two attached hydrogens (primary N) is 1. The molecule has 5 nitrogen and oxygen atoms in total. The quantitative estimate of drug-likeness (QED) is 0.758. The van der Waals surface area contributed by atoms with Crippen molar-refractivity contribution >= 4 is 5.91 Å². The molecule has 2 aliphatic heterocycles. The number of carbonyl (C=O) groups excluding carboxylic acids is 1. The van der Waals surface area contributed by atoms with Gasteiger partial charge in [0.25, 0.3) is 0 Å². The zero-order chi connectivity index (χ0) is 16.6. The van der Waals surface area contributed by atoms with Gasteiger partial charge in [-0.1, -0.05) is 6.07 Å². The highest BCUT2D eigenvalue weighted by Gasteiger charge is 2.40. The van der Waals surface area contributed by atoms with Crippen LogP contribution < -0.4 is 16.6 Å². The van der Waals surface area contributed by atoms with Gasteiger partial charge in [-0.25, -0.2) is 18.6 Å². The fourth-order valence-corrected chi connectivity index (χ4v) is 3.47. The molecule has 1 amide bonds. The molecule has 2 saturated heterocycles. The number of carbonyl (C=O) groups is 1. The van der Waals surface area contributed by atoms with Gasteiger partial charge in [-0.15, -0.1) is 0 Å². The maximum atomic E-state index is 14.0. The molecular weight excluding hydrogens is 309 g/mol. The van der Waals surface area contributed by atoms with Crippen LogP contribution in [0.15, 0.2) is 18.2 Å². The number of alkyl halides is 1. The van der Waals surface area contributed by atoms with Crippen molar-refractivity contribution in [3.63, 3.8) is 0 Å². The van der Waals surface area contributed by atoms with Gasteiger partial charge >= 0.3 is 0 Å². The first-order valence-corrected chi connectivity index (χ1v) is 7.57. The summed E-state index contributed by atoms with van der Waals surface area (Å²) in [5, 5.41) is 0. The highest BCUT2D eigenvalue weighted by Crippen LogP contribution is 2.31. The Hall–Kier alpha value is -1.64. The van der Waals surface area contributed by atoms with Crippen LogP contribution in [0.25, 0.3) is 0 Å². The first-order chi connectivity index (χ1) is 11.0. The Bertz CT molecular complexity index is 580. The summed E-state index contributed by atoms with van der Waals surface area (Å²) in [5.41, 5.74) is 11.0. The van der Waals surface area contributed by atoms with E-state index in [2.05, 4.69) is 10.9 Å². The number of amides is 1. The van der Waals surface area contributed by atoms with Crippen molar-refractivity contribution in [2.45, 2.75) is 24.7 Å². The van der Waals surface area contributed by atoms with Crippen molar-refractivity contribution in [2.24, 2.45) is 11.7 Å². The predicted octanol–water partition coefficient (Wildman–Crippen LogP) is 0.628. The molecule has 0 spiro atoms. The minimum atomic E-state index is -1.11. The van der Waals surface area contributed by atoms with Gasteiger partial charge in [0.15, 0.2) is 0 Å².